The van der Waals surface area contributed by atoms with Gasteiger partial charge in [0.05, 0.1) is 10.5 Å². The van der Waals surface area contributed by atoms with Crippen LogP contribution in [0.15, 0.2) is 53.4 Å². The predicted octanol–water partition coefficient (Wildman–Crippen LogP) is 4.18. The lowest BCUT2D eigenvalue weighted by atomic mass is 10.1. The summed E-state index contributed by atoms with van der Waals surface area (Å²) in [6.45, 7) is 0.694. The molecule has 0 heterocycles. The Balaban J connectivity index is 2.24. The molecule has 0 N–H and O–H groups in total. The first kappa shape index (κ1) is 21.2. The minimum atomic E-state index is -4.40. The molecular weight excluding hydrogens is 379 g/mol. The van der Waals surface area contributed by atoms with Gasteiger partial charge in [-0.2, -0.15) is 13.2 Å². The highest BCUT2D eigenvalue weighted by Gasteiger charge is 2.30. The molecule has 0 saturated heterocycles. The van der Waals surface area contributed by atoms with Crippen LogP contribution in [0, 0.1) is 0 Å². The Hall–Kier alpha value is -2.06. The predicted molar refractivity (Wildman–Crippen MR) is 97.5 cm³/mol. The van der Waals surface area contributed by atoms with E-state index in [0.29, 0.717) is 18.7 Å². The number of hydrogen-bond acceptors (Lipinski definition) is 4. The smallest absolute Gasteiger partial charge is 0.416 e. The number of hydrogen-bond donors (Lipinski definition) is 0. The molecule has 0 saturated carbocycles. The monoisotopic (exact) mass is 401 g/mol. The molecule has 4 nitrogen and oxygen atoms in total. The second-order valence-corrected chi connectivity index (χ2v) is 8.58. The molecule has 8 heteroatoms. The van der Waals surface area contributed by atoms with Crippen molar-refractivity contribution in [2.45, 2.75) is 23.6 Å². The van der Waals surface area contributed by atoms with E-state index in [-0.39, 0.29) is 4.90 Å². The lowest BCUT2D eigenvalue weighted by Gasteiger charge is -2.22. The first-order valence-electron chi connectivity index (χ1n) is 8.25. The lowest BCUT2D eigenvalue weighted by Crippen LogP contribution is -2.19. The molecule has 0 spiro atoms. The summed E-state index contributed by atoms with van der Waals surface area (Å²) in [4.78, 5) is 2.17. The highest BCUT2D eigenvalue weighted by Crippen LogP contribution is 2.32. The molecule has 1 unspecified atom stereocenters. The molecular formula is C19H22F3NO3S. The van der Waals surface area contributed by atoms with Gasteiger partial charge in [0.1, 0.15) is 11.9 Å². The average Bonchev–Trinajstić information content (AvgIpc) is 2.57. The summed E-state index contributed by atoms with van der Waals surface area (Å²) in [6.07, 6.45) is -3.10. The summed E-state index contributed by atoms with van der Waals surface area (Å²) in [5, 5.41) is 0. The Kier molecular flexibility index (Phi) is 6.54. The molecule has 2 rings (SSSR count). The Labute approximate surface area is 157 Å². The number of benzene rings is 2. The van der Waals surface area contributed by atoms with Crippen LogP contribution in [-0.2, 0) is 16.0 Å². The van der Waals surface area contributed by atoms with Gasteiger partial charge in [-0.3, -0.25) is 0 Å². The van der Waals surface area contributed by atoms with Gasteiger partial charge >= 0.3 is 6.18 Å². The van der Waals surface area contributed by atoms with Gasteiger partial charge in [-0.05, 0) is 56.1 Å². The van der Waals surface area contributed by atoms with Gasteiger partial charge in [-0.15, -0.1) is 0 Å². The molecule has 0 aromatic heterocycles. The van der Waals surface area contributed by atoms with Gasteiger partial charge in [0, 0.05) is 19.2 Å². The molecule has 0 fully saturated rings. The molecule has 148 valence electrons. The number of halogens is 3. The van der Waals surface area contributed by atoms with Crippen LogP contribution in [0.2, 0.25) is 0 Å². The average molecular weight is 401 g/mol. The molecule has 0 aliphatic heterocycles. The Morgan fingerprint density at radius 1 is 1.00 bits per heavy atom. The van der Waals surface area contributed by atoms with Gasteiger partial charge in [0.15, 0.2) is 9.84 Å². The van der Waals surface area contributed by atoms with Crippen molar-refractivity contribution < 1.29 is 26.3 Å². The minimum Gasteiger partial charge on any atom is -0.486 e. The Bertz CT molecular complexity index is 845. The van der Waals surface area contributed by atoms with Crippen LogP contribution in [0.1, 0.15) is 23.7 Å². The van der Waals surface area contributed by atoms with Crippen molar-refractivity contribution in [2.75, 3.05) is 26.9 Å². The van der Waals surface area contributed by atoms with E-state index in [9.17, 15) is 21.6 Å². The van der Waals surface area contributed by atoms with E-state index >= 15 is 0 Å². The van der Waals surface area contributed by atoms with Crippen LogP contribution in [0.4, 0.5) is 13.2 Å². The van der Waals surface area contributed by atoms with E-state index in [1.165, 1.54) is 24.3 Å². The van der Waals surface area contributed by atoms with Gasteiger partial charge in [-0.1, -0.05) is 12.1 Å². The third kappa shape index (κ3) is 6.25. The summed E-state index contributed by atoms with van der Waals surface area (Å²) >= 11 is 0. The van der Waals surface area contributed by atoms with Gasteiger partial charge in [-0.25, -0.2) is 8.42 Å². The number of sulfone groups is 1. The fraction of sp³-hybridized carbons (Fsp3) is 0.368. The second kappa shape index (κ2) is 8.31. The third-order valence-corrected chi connectivity index (χ3v) is 5.11. The zero-order valence-corrected chi connectivity index (χ0v) is 16.1. The van der Waals surface area contributed by atoms with Crippen molar-refractivity contribution in [1.82, 2.24) is 4.90 Å². The van der Waals surface area contributed by atoms with Crippen LogP contribution in [0.3, 0.4) is 0 Å². The van der Waals surface area contributed by atoms with Crippen LogP contribution >= 0.6 is 0 Å². The van der Waals surface area contributed by atoms with Crippen molar-refractivity contribution in [3.63, 3.8) is 0 Å². The SMILES string of the molecule is CN(C)CCC(Oc1ccc(C(F)(F)F)cc1)c1ccc(S(C)(=O)=O)cc1. The summed E-state index contributed by atoms with van der Waals surface area (Å²) in [5.74, 6) is 0.318. The van der Waals surface area contributed by atoms with Crippen LogP contribution in [-0.4, -0.2) is 40.2 Å². The van der Waals surface area contributed by atoms with Gasteiger partial charge in [0.2, 0.25) is 0 Å². The molecule has 0 aliphatic rings. The maximum atomic E-state index is 12.7. The molecule has 2 aromatic rings. The maximum absolute atomic E-state index is 12.7. The fourth-order valence-corrected chi connectivity index (χ4v) is 3.12. The second-order valence-electron chi connectivity index (χ2n) is 6.56. The van der Waals surface area contributed by atoms with Crippen molar-refractivity contribution in [1.29, 1.82) is 0 Å². The van der Waals surface area contributed by atoms with Gasteiger partial charge in [0.25, 0.3) is 0 Å². The highest BCUT2D eigenvalue weighted by atomic mass is 32.2. The normalized spacial score (nSPS) is 13.6. The molecule has 0 aliphatic carbocycles. The standard InChI is InChI=1S/C19H22F3NO3S/c1-23(2)13-12-18(14-4-10-17(11-5-14)27(3,24)25)26-16-8-6-15(7-9-16)19(20,21)22/h4-11,18H,12-13H2,1-3H3. The number of ether oxygens (including phenoxy) is 1. The summed E-state index contributed by atoms with van der Waals surface area (Å²) in [7, 11) is 0.505. The number of alkyl halides is 3. The zero-order valence-electron chi connectivity index (χ0n) is 15.3. The first-order valence-corrected chi connectivity index (χ1v) is 10.1. The third-order valence-electron chi connectivity index (χ3n) is 3.98. The fourth-order valence-electron chi connectivity index (χ4n) is 2.49. The van der Waals surface area contributed by atoms with Gasteiger partial charge < -0.3 is 9.64 Å². The summed E-state index contributed by atoms with van der Waals surface area (Å²) in [5.41, 5.74) is 0.0151. The van der Waals surface area contributed by atoms with Crippen LogP contribution < -0.4 is 4.74 Å². The minimum absolute atomic E-state index is 0.201. The lowest BCUT2D eigenvalue weighted by molar-refractivity contribution is -0.137. The van der Waals surface area contributed by atoms with Crippen molar-refractivity contribution in [3.8, 4) is 5.75 Å². The molecule has 0 amide bonds. The molecule has 1 atom stereocenters. The largest absolute Gasteiger partial charge is 0.486 e. The van der Waals surface area contributed by atoms with E-state index < -0.39 is 27.7 Å². The quantitative estimate of drug-likeness (QED) is 0.698. The summed E-state index contributed by atoms with van der Waals surface area (Å²) in [6, 6.07) is 10.9. The topological polar surface area (TPSA) is 46.6 Å². The van der Waals surface area contributed by atoms with Crippen molar-refractivity contribution in [3.05, 3.63) is 59.7 Å². The van der Waals surface area contributed by atoms with E-state index in [2.05, 4.69) is 0 Å². The van der Waals surface area contributed by atoms with Crippen LogP contribution in [0.25, 0.3) is 0 Å². The highest BCUT2D eigenvalue weighted by molar-refractivity contribution is 7.90. The summed E-state index contributed by atoms with van der Waals surface area (Å²) < 4.78 is 67.2. The van der Waals surface area contributed by atoms with E-state index in [0.717, 1.165) is 24.0 Å². The molecule has 0 bridgehead atoms. The molecule has 2 aromatic carbocycles. The molecule has 27 heavy (non-hydrogen) atoms. The zero-order chi connectivity index (χ0) is 20.2. The number of rotatable bonds is 7. The number of nitrogens with zero attached hydrogens (tertiary/aromatic N) is 1. The molecule has 0 radical (unpaired) electrons. The van der Waals surface area contributed by atoms with E-state index in [1.807, 2.05) is 19.0 Å². The first-order chi connectivity index (χ1) is 12.5. The van der Waals surface area contributed by atoms with Crippen molar-refractivity contribution >= 4 is 9.84 Å². The van der Waals surface area contributed by atoms with Crippen LogP contribution in [0.5, 0.6) is 5.75 Å². The maximum Gasteiger partial charge on any atom is 0.416 e. The van der Waals surface area contributed by atoms with E-state index in [4.69, 9.17) is 4.74 Å². The Morgan fingerprint density at radius 2 is 1.56 bits per heavy atom. The Morgan fingerprint density at radius 3 is 2.00 bits per heavy atom. The van der Waals surface area contributed by atoms with E-state index in [1.54, 1.807) is 12.1 Å². The van der Waals surface area contributed by atoms with Crippen molar-refractivity contribution in [2.24, 2.45) is 0 Å².